The molecule has 21 heavy (non-hydrogen) atoms. The Hall–Kier alpha value is -0.510. The minimum Gasteiger partial charge on any atom is -0.340 e. The molecule has 0 aromatic carbocycles. The van der Waals surface area contributed by atoms with Gasteiger partial charge < -0.3 is 4.90 Å². The van der Waals surface area contributed by atoms with E-state index in [4.69, 9.17) is 0 Å². The smallest absolute Gasteiger partial charge is 0.262 e. The maximum absolute atomic E-state index is 13.1. The summed E-state index contributed by atoms with van der Waals surface area (Å²) < 4.78 is 52.2. The van der Waals surface area contributed by atoms with Gasteiger partial charge in [0.25, 0.3) is 5.92 Å². The number of amides is 1. The summed E-state index contributed by atoms with van der Waals surface area (Å²) in [6.07, 6.45) is -0.183. The van der Waals surface area contributed by atoms with E-state index in [0.29, 0.717) is 13.0 Å². The number of hydrogen-bond donors (Lipinski definition) is 2. The fraction of sp³-hybridized carbons (Fsp3) is 0.909. The quantitative estimate of drug-likeness (QED) is 0.747. The van der Waals surface area contributed by atoms with Gasteiger partial charge in [-0.25, -0.2) is 21.9 Å². The SMILES string of the molecule is CCNS(=O)(=O)C1CCN(C(=O)C2CC(F)(F)CN2)C1.Cl. The van der Waals surface area contributed by atoms with Crippen molar-refractivity contribution >= 4 is 28.3 Å². The molecule has 2 atom stereocenters. The van der Waals surface area contributed by atoms with Crippen LogP contribution in [0.1, 0.15) is 19.8 Å². The van der Waals surface area contributed by atoms with Gasteiger partial charge in [-0.2, -0.15) is 0 Å². The van der Waals surface area contributed by atoms with Crippen LogP contribution in [0, 0.1) is 0 Å². The Morgan fingerprint density at radius 1 is 1.48 bits per heavy atom. The number of nitrogens with one attached hydrogen (secondary N) is 2. The molecule has 0 saturated carbocycles. The van der Waals surface area contributed by atoms with E-state index < -0.39 is 46.1 Å². The Morgan fingerprint density at radius 3 is 2.67 bits per heavy atom. The first kappa shape index (κ1) is 18.5. The Morgan fingerprint density at radius 2 is 2.14 bits per heavy atom. The summed E-state index contributed by atoms with van der Waals surface area (Å²) in [4.78, 5) is 13.4. The molecule has 2 saturated heterocycles. The maximum Gasteiger partial charge on any atom is 0.262 e. The average Bonchev–Trinajstić information content (AvgIpc) is 2.95. The van der Waals surface area contributed by atoms with Crippen molar-refractivity contribution in [3.05, 3.63) is 0 Å². The highest BCUT2D eigenvalue weighted by molar-refractivity contribution is 7.90. The molecule has 2 unspecified atom stereocenters. The van der Waals surface area contributed by atoms with Crippen LogP contribution < -0.4 is 10.0 Å². The molecule has 0 spiro atoms. The van der Waals surface area contributed by atoms with Crippen molar-refractivity contribution in [2.24, 2.45) is 0 Å². The molecule has 10 heteroatoms. The third-order valence-corrected chi connectivity index (χ3v) is 5.60. The van der Waals surface area contributed by atoms with Crippen molar-refractivity contribution in [3.8, 4) is 0 Å². The molecule has 2 heterocycles. The Bertz CT molecular complexity index is 489. The van der Waals surface area contributed by atoms with Crippen molar-refractivity contribution in [2.45, 2.75) is 37.0 Å². The lowest BCUT2D eigenvalue weighted by atomic mass is 10.2. The van der Waals surface area contributed by atoms with Crippen LogP contribution in [0.2, 0.25) is 0 Å². The predicted molar refractivity (Wildman–Crippen MR) is 76.2 cm³/mol. The lowest BCUT2D eigenvalue weighted by molar-refractivity contribution is -0.132. The van der Waals surface area contributed by atoms with Crippen molar-refractivity contribution < 1.29 is 22.0 Å². The first-order valence-electron chi connectivity index (χ1n) is 6.63. The van der Waals surface area contributed by atoms with Crippen LogP contribution in [-0.4, -0.2) is 62.6 Å². The number of rotatable bonds is 4. The summed E-state index contributed by atoms with van der Waals surface area (Å²) in [7, 11) is -3.44. The van der Waals surface area contributed by atoms with Gasteiger partial charge in [0, 0.05) is 26.1 Å². The van der Waals surface area contributed by atoms with E-state index in [0.717, 1.165) is 0 Å². The Labute approximate surface area is 129 Å². The van der Waals surface area contributed by atoms with E-state index in [1.54, 1.807) is 6.92 Å². The van der Waals surface area contributed by atoms with Crippen LogP contribution in [0.5, 0.6) is 0 Å². The van der Waals surface area contributed by atoms with Gasteiger partial charge >= 0.3 is 0 Å². The molecule has 0 aromatic heterocycles. The number of halogens is 3. The molecule has 2 N–H and O–H groups in total. The van der Waals surface area contributed by atoms with Gasteiger partial charge in [0.05, 0.1) is 17.8 Å². The first-order chi connectivity index (χ1) is 9.25. The second-order valence-corrected chi connectivity index (χ2v) is 7.28. The highest BCUT2D eigenvalue weighted by Gasteiger charge is 2.45. The van der Waals surface area contributed by atoms with Crippen molar-refractivity contribution in [2.75, 3.05) is 26.2 Å². The molecule has 2 rings (SSSR count). The lowest BCUT2D eigenvalue weighted by Gasteiger charge is -2.20. The van der Waals surface area contributed by atoms with E-state index >= 15 is 0 Å². The van der Waals surface area contributed by atoms with Gasteiger partial charge in [-0.1, -0.05) is 6.92 Å². The van der Waals surface area contributed by atoms with E-state index in [2.05, 4.69) is 10.0 Å². The largest absolute Gasteiger partial charge is 0.340 e. The second-order valence-electron chi connectivity index (χ2n) is 5.23. The molecule has 0 aliphatic carbocycles. The minimum atomic E-state index is -3.44. The molecule has 0 bridgehead atoms. The highest BCUT2D eigenvalue weighted by atomic mass is 35.5. The third-order valence-electron chi connectivity index (χ3n) is 3.65. The Kier molecular flexibility index (Phi) is 5.93. The van der Waals surface area contributed by atoms with Crippen LogP contribution in [0.4, 0.5) is 8.78 Å². The van der Waals surface area contributed by atoms with E-state index in [9.17, 15) is 22.0 Å². The second kappa shape index (κ2) is 6.72. The molecule has 2 aliphatic rings. The summed E-state index contributed by atoms with van der Waals surface area (Å²) in [6, 6.07) is -0.911. The molecule has 124 valence electrons. The molecule has 6 nitrogen and oxygen atoms in total. The molecule has 2 aliphatic heterocycles. The molecule has 0 radical (unpaired) electrons. The number of nitrogens with zero attached hydrogens (tertiary/aromatic N) is 1. The van der Waals surface area contributed by atoms with E-state index in [1.165, 1.54) is 4.90 Å². The standard InChI is InChI=1S/C11H19F2N3O3S.ClH/c1-2-15-20(18,19)8-3-4-16(6-8)10(17)9-5-11(12,13)7-14-9;/h8-9,14-15H,2-7H2,1H3;1H. The number of sulfonamides is 1. The van der Waals surface area contributed by atoms with Gasteiger partial charge in [-0.05, 0) is 6.42 Å². The fourth-order valence-corrected chi connectivity index (χ4v) is 4.04. The molecule has 0 aromatic rings. The van der Waals surface area contributed by atoms with Crippen molar-refractivity contribution in [3.63, 3.8) is 0 Å². The number of carbonyl (C=O) groups is 1. The summed E-state index contributed by atoms with van der Waals surface area (Å²) >= 11 is 0. The molecular formula is C11H20ClF2N3O3S. The zero-order valence-corrected chi connectivity index (χ0v) is 13.3. The molecule has 1 amide bonds. The van der Waals surface area contributed by atoms with Gasteiger partial charge in [0.2, 0.25) is 15.9 Å². The predicted octanol–water partition coefficient (Wildman–Crippen LogP) is -0.0544. The monoisotopic (exact) mass is 347 g/mol. The highest BCUT2D eigenvalue weighted by Crippen LogP contribution is 2.27. The van der Waals surface area contributed by atoms with Gasteiger partial charge in [-0.15, -0.1) is 12.4 Å². The zero-order chi connectivity index (χ0) is 15.0. The van der Waals surface area contributed by atoms with Crippen LogP contribution in [0.25, 0.3) is 0 Å². The van der Waals surface area contributed by atoms with Crippen molar-refractivity contribution in [1.29, 1.82) is 0 Å². The number of hydrogen-bond acceptors (Lipinski definition) is 4. The van der Waals surface area contributed by atoms with Crippen molar-refractivity contribution in [1.82, 2.24) is 14.9 Å². The number of carbonyl (C=O) groups excluding carboxylic acids is 1. The summed E-state index contributed by atoms with van der Waals surface area (Å²) in [5.41, 5.74) is 0. The third kappa shape index (κ3) is 4.24. The average molecular weight is 348 g/mol. The number of likely N-dealkylation sites (tertiary alicyclic amines) is 1. The first-order valence-corrected chi connectivity index (χ1v) is 8.18. The normalized spacial score (nSPS) is 28.4. The van der Waals surface area contributed by atoms with E-state index in [-0.39, 0.29) is 25.5 Å². The topological polar surface area (TPSA) is 78.5 Å². The van der Waals surface area contributed by atoms with Crippen LogP contribution in [-0.2, 0) is 14.8 Å². The molecular weight excluding hydrogens is 328 g/mol. The fourth-order valence-electron chi connectivity index (χ4n) is 2.61. The Balaban J connectivity index is 0.00000220. The van der Waals surface area contributed by atoms with Crippen LogP contribution in [0.3, 0.4) is 0 Å². The number of alkyl halides is 2. The summed E-state index contributed by atoms with van der Waals surface area (Å²) in [6.45, 7) is 1.83. The zero-order valence-electron chi connectivity index (χ0n) is 11.6. The summed E-state index contributed by atoms with van der Waals surface area (Å²) in [5.74, 6) is -3.30. The minimum absolute atomic E-state index is 0. The van der Waals surface area contributed by atoms with Gasteiger partial charge in [0.15, 0.2) is 0 Å². The maximum atomic E-state index is 13.1. The van der Waals surface area contributed by atoms with Crippen LogP contribution >= 0.6 is 12.4 Å². The van der Waals surface area contributed by atoms with Gasteiger partial charge in [-0.3, -0.25) is 10.1 Å². The summed E-state index contributed by atoms with van der Waals surface area (Å²) in [5, 5.41) is 1.84. The van der Waals surface area contributed by atoms with Gasteiger partial charge in [0.1, 0.15) is 0 Å². The lowest BCUT2D eigenvalue weighted by Crippen LogP contribution is -2.44. The van der Waals surface area contributed by atoms with Crippen LogP contribution in [0.15, 0.2) is 0 Å². The molecule has 2 fully saturated rings. The van der Waals surface area contributed by atoms with E-state index in [1.807, 2.05) is 0 Å².